The van der Waals surface area contributed by atoms with Gasteiger partial charge in [-0.2, -0.15) is 17.0 Å². The monoisotopic (exact) mass is 282 g/mol. The first-order chi connectivity index (χ1) is 9.30. The highest BCUT2D eigenvalue weighted by atomic mass is 32.2. The lowest BCUT2D eigenvalue weighted by atomic mass is 9.86. The van der Waals surface area contributed by atoms with Crippen LogP contribution in [0.15, 0.2) is 0 Å². The normalized spacial score (nSPS) is 34.5. The minimum atomic E-state index is -0.237. The van der Waals surface area contributed by atoms with Crippen LogP contribution in [0.4, 0.5) is 0 Å². The molecule has 4 heteroatoms. The summed E-state index contributed by atoms with van der Waals surface area (Å²) in [6.07, 6.45) is 7.55. The molecule has 108 valence electrons. The second-order valence-corrected chi connectivity index (χ2v) is 6.85. The maximum atomic E-state index is 9.51. The van der Waals surface area contributed by atoms with Crippen LogP contribution in [0.5, 0.6) is 0 Å². The molecule has 0 radical (unpaired) electrons. The van der Waals surface area contributed by atoms with Crippen molar-refractivity contribution in [3.63, 3.8) is 0 Å². The first-order valence-electron chi connectivity index (χ1n) is 7.66. The maximum Gasteiger partial charge on any atom is 0.109 e. The summed E-state index contributed by atoms with van der Waals surface area (Å²) in [5, 5.41) is 13.0. The van der Waals surface area contributed by atoms with Gasteiger partial charge in [-0.3, -0.25) is 5.32 Å². The molecule has 19 heavy (non-hydrogen) atoms. The van der Waals surface area contributed by atoms with Crippen LogP contribution in [0.1, 0.15) is 45.4 Å². The summed E-state index contributed by atoms with van der Waals surface area (Å²) in [4.78, 5) is 0. The van der Waals surface area contributed by atoms with Gasteiger partial charge >= 0.3 is 0 Å². The number of nitrogens with zero attached hydrogens (tertiary/aromatic N) is 1. The van der Waals surface area contributed by atoms with Gasteiger partial charge in [0.15, 0.2) is 0 Å². The van der Waals surface area contributed by atoms with Gasteiger partial charge in [-0.25, -0.2) is 0 Å². The molecule has 1 aliphatic carbocycles. The van der Waals surface area contributed by atoms with Gasteiger partial charge in [0.25, 0.3) is 0 Å². The van der Waals surface area contributed by atoms with Gasteiger partial charge in [-0.1, -0.05) is 13.3 Å². The van der Waals surface area contributed by atoms with Crippen molar-refractivity contribution in [2.24, 2.45) is 5.92 Å². The van der Waals surface area contributed by atoms with Crippen LogP contribution >= 0.6 is 11.8 Å². The molecule has 1 aliphatic heterocycles. The molecule has 0 spiro atoms. The van der Waals surface area contributed by atoms with E-state index in [-0.39, 0.29) is 5.54 Å². The SMILES string of the molecule is CCNC1(C#N)CCCC1CCSCC1CCCO1. The minimum Gasteiger partial charge on any atom is -0.377 e. The van der Waals surface area contributed by atoms with Crippen LogP contribution in [0.3, 0.4) is 0 Å². The highest BCUT2D eigenvalue weighted by molar-refractivity contribution is 7.99. The van der Waals surface area contributed by atoms with Crippen LogP contribution in [0.25, 0.3) is 0 Å². The number of nitrogens with one attached hydrogen (secondary N) is 1. The predicted octanol–water partition coefficient (Wildman–Crippen LogP) is 2.96. The zero-order valence-corrected chi connectivity index (χ0v) is 12.8. The van der Waals surface area contributed by atoms with Crippen molar-refractivity contribution in [1.29, 1.82) is 5.26 Å². The van der Waals surface area contributed by atoms with E-state index < -0.39 is 0 Å². The van der Waals surface area contributed by atoms with Crippen molar-refractivity contribution in [2.75, 3.05) is 24.7 Å². The first kappa shape index (κ1) is 15.2. The van der Waals surface area contributed by atoms with Crippen LogP contribution in [-0.4, -0.2) is 36.3 Å². The van der Waals surface area contributed by atoms with Crippen molar-refractivity contribution in [3.05, 3.63) is 0 Å². The van der Waals surface area contributed by atoms with Crippen LogP contribution in [-0.2, 0) is 4.74 Å². The van der Waals surface area contributed by atoms with E-state index in [1.165, 1.54) is 31.4 Å². The zero-order valence-electron chi connectivity index (χ0n) is 12.0. The molecule has 0 aromatic rings. The van der Waals surface area contributed by atoms with Crippen molar-refractivity contribution in [3.8, 4) is 6.07 Å². The first-order valence-corrected chi connectivity index (χ1v) is 8.82. The van der Waals surface area contributed by atoms with Gasteiger partial charge in [-0.05, 0) is 50.3 Å². The fourth-order valence-corrected chi connectivity index (χ4v) is 4.56. The predicted molar refractivity (Wildman–Crippen MR) is 80.3 cm³/mol. The molecule has 1 N–H and O–H groups in total. The molecule has 2 fully saturated rings. The van der Waals surface area contributed by atoms with Crippen molar-refractivity contribution >= 4 is 11.8 Å². The molecule has 1 heterocycles. The lowest BCUT2D eigenvalue weighted by Gasteiger charge is -2.29. The molecule has 0 bridgehead atoms. The van der Waals surface area contributed by atoms with Gasteiger partial charge in [0.05, 0.1) is 12.2 Å². The Bertz CT molecular complexity index is 312. The Morgan fingerprint density at radius 1 is 1.42 bits per heavy atom. The average Bonchev–Trinajstić information content (AvgIpc) is 3.05. The van der Waals surface area contributed by atoms with Crippen LogP contribution in [0.2, 0.25) is 0 Å². The number of ether oxygens (including phenoxy) is 1. The summed E-state index contributed by atoms with van der Waals surface area (Å²) < 4.78 is 5.64. The third kappa shape index (κ3) is 3.87. The summed E-state index contributed by atoms with van der Waals surface area (Å²) in [7, 11) is 0. The molecule has 3 atom stereocenters. The highest BCUT2D eigenvalue weighted by Crippen LogP contribution is 2.38. The quantitative estimate of drug-likeness (QED) is 0.729. The molecular weight excluding hydrogens is 256 g/mol. The number of rotatable bonds is 7. The van der Waals surface area contributed by atoms with Gasteiger partial charge in [0, 0.05) is 12.4 Å². The molecule has 2 rings (SSSR count). The zero-order chi connectivity index (χ0) is 13.6. The summed E-state index contributed by atoms with van der Waals surface area (Å²) in [5.74, 6) is 2.83. The summed E-state index contributed by atoms with van der Waals surface area (Å²) in [6, 6.07) is 2.57. The van der Waals surface area contributed by atoms with Crippen LogP contribution in [0, 0.1) is 17.2 Å². The third-order valence-electron chi connectivity index (χ3n) is 4.45. The molecule has 1 saturated heterocycles. The minimum absolute atomic E-state index is 0.237. The van der Waals surface area contributed by atoms with E-state index in [0.717, 1.165) is 31.7 Å². The second-order valence-electron chi connectivity index (χ2n) is 5.70. The Hall–Kier alpha value is -0.240. The number of nitriles is 1. The average molecular weight is 282 g/mol. The number of thioether (sulfide) groups is 1. The van der Waals surface area contributed by atoms with E-state index in [0.29, 0.717) is 12.0 Å². The number of hydrogen-bond donors (Lipinski definition) is 1. The maximum absolute atomic E-state index is 9.51. The Balaban J connectivity index is 1.70. The Kier molecular flexibility index (Phi) is 6.00. The summed E-state index contributed by atoms with van der Waals surface area (Å²) in [6.45, 7) is 3.94. The lowest BCUT2D eigenvalue weighted by Crippen LogP contribution is -2.47. The Morgan fingerprint density at radius 3 is 3.00 bits per heavy atom. The standard InChI is InChI=1S/C15H26N2OS/c1-2-17-15(12-16)8-3-5-13(15)7-10-19-11-14-6-4-9-18-14/h13-14,17H,2-11H2,1H3. The molecule has 0 amide bonds. The van der Waals surface area contributed by atoms with Crippen LogP contribution < -0.4 is 5.32 Å². The molecule has 0 aromatic heterocycles. The fraction of sp³-hybridized carbons (Fsp3) is 0.933. The summed E-state index contributed by atoms with van der Waals surface area (Å²) in [5.41, 5.74) is -0.237. The second kappa shape index (κ2) is 7.52. The van der Waals surface area contributed by atoms with Crippen molar-refractivity contribution in [2.45, 2.75) is 57.1 Å². The molecule has 0 aromatic carbocycles. The molecule has 2 aliphatic rings. The molecule has 1 saturated carbocycles. The molecule has 3 nitrogen and oxygen atoms in total. The Morgan fingerprint density at radius 2 is 2.32 bits per heavy atom. The van der Waals surface area contributed by atoms with Gasteiger partial charge < -0.3 is 4.74 Å². The van der Waals surface area contributed by atoms with E-state index >= 15 is 0 Å². The smallest absolute Gasteiger partial charge is 0.109 e. The van der Waals surface area contributed by atoms with E-state index in [1.54, 1.807) is 0 Å². The third-order valence-corrected chi connectivity index (χ3v) is 5.58. The van der Waals surface area contributed by atoms with Gasteiger partial charge in [-0.15, -0.1) is 0 Å². The van der Waals surface area contributed by atoms with E-state index in [4.69, 9.17) is 4.74 Å². The van der Waals surface area contributed by atoms with E-state index in [9.17, 15) is 5.26 Å². The topological polar surface area (TPSA) is 45.0 Å². The van der Waals surface area contributed by atoms with Crippen molar-refractivity contribution in [1.82, 2.24) is 5.32 Å². The van der Waals surface area contributed by atoms with Crippen molar-refractivity contribution < 1.29 is 4.74 Å². The Labute approximate surface area is 121 Å². The molecular formula is C15H26N2OS. The number of hydrogen-bond acceptors (Lipinski definition) is 4. The molecule has 3 unspecified atom stereocenters. The largest absolute Gasteiger partial charge is 0.377 e. The van der Waals surface area contributed by atoms with E-state index in [1.807, 2.05) is 11.8 Å². The van der Waals surface area contributed by atoms with Gasteiger partial charge in [0.2, 0.25) is 0 Å². The highest BCUT2D eigenvalue weighted by Gasteiger charge is 2.41. The summed E-state index contributed by atoms with van der Waals surface area (Å²) >= 11 is 2.00. The van der Waals surface area contributed by atoms with Gasteiger partial charge in [0.1, 0.15) is 5.54 Å². The lowest BCUT2D eigenvalue weighted by molar-refractivity contribution is 0.129. The fourth-order valence-electron chi connectivity index (χ4n) is 3.42. The van der Waals surface area contributed by atoms with E-state index in [2.05, 4.69) is 18.3 Å².